The normalized spacial score (nSPS) is 11.6. The van der Waals surface area contributed by atoms with Crippen molar-refractivity contribution in [2.75, 3.05) is 20.3 Å². The third-order valence-corrected chi connectivity index (χ3v) is 5.85. The maximum absolute atomic E-state index is 13.6. The van der Waals surface area contributed by atoms with Gasteiger partial charge in [-0.2, -0.15) is 0 Å². The molecule has 0 aliphatic heterocycles. The van der Waals surface area contributed by atoms with Crippen LogP contribution in [0.25, 0.3) is 0 Å². The molecule has 3 aromatic rings. The Labute approximate surface area is 218 Å². The van der Waals surface area contributed by atoms with E-state index in [0.29, 0.717) is 29.5 Å². The summed E-state index contributed by atoms with van der Waals surface area (Å²) in [5.41, 5.74) is 1.78. The number of nitrogens with one attached hydrogen (secondary N) is 1. The lowest BCUT2D eigenvalue weighted by Gasteiger charge is -2.31. The van der Waals surface area contributed by atoms with Crippen LogP contribution in [0, 0.1) is 5.92 Å². The van der Waals surface area contributed by atoms with Gasteiger partial charge in [0.25, 0.3) is 5.91 Å². The maximum Gasteiger partial charge on any atom is 0.261 e. The van der Waals surface area contributed by atoms with Crippen molar-refractivity contribution in [3.63, 3.8) is 0 Å². The summed E-state index contributed by atoms with van der Waals surface area (Å²) < 4.78 is 11.2. The van der Waals surface area contributed by atoms with Crippen molar-refractivity contribution >= 4 is 23.4 Å². The Morgan fingerprint density at radius 1 is 0.917 bits per heavy atom. The topological polar surface area (TPSA) is 67.9 Å². The Morgan fingerprint density at radius 3 is 2.25 bits per heavy atom. The minimum Gasteiger partial charge on any atom is -0.493 e. The molecule has 3 aromatic carbocycles. The molecule has 0 unspecified atom stereocenters. The summed E-state index contributed by atoms with van der Waals surface area (Å²) in [6.45, 7) is 4.54. The van der Waals surface area contributed by atoms with E-state index in [2.05, 4.69) is 5.32 Å². The number of methoxy groups -OCH3 is 1. The second-order valence-corrected chi connectivity index (χ2v) is 9.37. The minimum atomic E-state index is -0.737. The smallest absolute Gasteiger partial charge is 0.261 e. The molecule has 6 nitrogen and oxygen atoms in total. The fourth-order valence-corrected chi connectivity index (χ4v) is 3.98. The number of halogens is 1. The molecule has 7 heteroatoms. The van der Waals surface area contributed by atoms with E-state index in [9.17, 15) is 9.59 Å². The maximum atomic E-state index is 13.6. The average molecular weight is 509 g/mol. The van der Waals surface area contributed by atoms with Crippen LogP contribution in [0.3, 0.4) is 0 Å². The first-order valence-corrected chi connectivity index (χ1v) is 12.4. The highest BCUT2D eigenvalue weighted by Crippen LogP contribution is 2.26. The molecule has 3 rings (SSSR count). The van der Waals surface area contributed by atoms with E-state index in [1.165, 1.54) is 0 Å². The van der Waals surface area contributed by atoms with E-state index < -0.39 is 6.04 Å². The van der Waals surface area contributed by atoms with Crippen LogP contribution < -0.4 is 14.8 Å². The Kier molecular flexibility index (Phi) is 10.2. The summed E-state index contributed by atoms with van der Waals surface area (Å²) in [4.78, 5) is 28.6. The fourth-order valence-electron chi connectivity index (χ4n) is 3.77. The SMILES string of the molecule is COc1ccccc1OCC(=O)N(Cc1cccc(Cl)c1)[C@H](Cc1ccccc1)C(=O)NCC(C)C. The molecule has 0 fully saturated rings. The number of carbonyl (C=O) groups excluding carboxylic acids is 2. The van der Waals surface area contributed by atoms with Gasteiger partial charge in [-0.3, -0.25) is 9.59 Å². The highest BCUT2D eigenvalue weighted by atomic mass is 35.5. The van der Waals surface area contributed by atoms with Gasteiger partial charge >= 0.3 is 0 Å². The lowest BCUT2D eigenvalue weighted by molar-refractivity contribution is -0.142. The molecule has 0 heterocycles. The third-order valence-electron chi connectivity index (χ3n) is 5.62. The first-order valence-electron chi connectivity index (χ1n) is 12.0. The van der Waals surface area contributed by atoms with Crippen molar-refractivity contribution in [1.29, 1.82) is 0 Å². The summed E-state index contributed by atoms with van der Waals surface area (Å²) in [7, 11) is 1.55. The average Bonchev–Trinajstić information content (AvgIpc) is 2.88. The van der Waals surface area contributed by atoms with Crippen molar-refractivity contribution in [2.45, 2.75) is 32.9 Å². The van der Waals surface area contributed by atoms with E-state index in [-0.39, 0.29) is 30.9 Å². The second-order valence-electron chi connectivity index (χ2n) is 8.94. The molecule has 0 radical (unpaired) electrons. The number of hydrogen-bond acceptors (Lipinski definition) is 4. The van der Waals surface area contributed by atoms with E-state index in [1.807, 2.05) is 68.4 Å². The standard InChI is InChI=1S/C29H33ClN2O4/c1-21(2)18-31-29(34)25(17-22-10-5-4-6-11-22)32(19-23-12-9-13-24(30)16-23)28(33)20-36-27-15-8-7-14-26(27)35-3/h4-16,21,25H,17-20H2,1-3H3,(H,31,34)/t25-/m1/s1. The Morgan fingerprint density at radius 2 is 1.58 bits per heavy atom. The van der Waals surface area contributed by atoms with Crippen molar-refractivity contribution in [1.82, 2.24) is 10.2 Å². The fraction of sp³-hybridized carbons (Fsp3) is 0.310. The summed E-state index contributed by atoms with van der Waals surface area (Å²) in [6.07, 6.45) is 0.367. The molecule has 190 valence electrons. The van der Waals surface area contributed by atoms with Gasteiger partial charge in [-0.05, 0) is 41.3 Å². The number of para-hydroxylation sites is 2. The molecule has 0 aliphatic carbocycles. The highest BCUT2D eigenvalue weighted by Gasteiger charge is 2.31. The van der Waals surface area contributed by atoms with Crippen LogP contribution in [0.5, 0.6) is 11.5 Å². The van der Waals surface area contributed by atoms with Crippen LogP contribution in [-0.4, -0.2) is 43.0 Å². The largest absolute Gasteiger partial charge is 0.493 e. The molecular formula is C29H33ClN2O4. The third kappa shape index (κ3) is 8.02. The Bertz CT molecular complexity index is 1140. The monoisotopic (exact) mass is 508 g/mol. The lowest BCUT2D eigenvalue weighted by atomic mass is 10.0. The number of ether oxygens (including phenoxy) is 2. The zero-order valence-corrected chi connectivity index (χ0v) is 21.7. The summed E-state index contributed by atoms with van der Waals surface area (Å²) in [5.74, 6) is 0.737. The highest BCUT2D eigenvalue weighted by molar-refractivity contribution is 6.30. The van der Waals surface area contributed by atoms with Crippen molar-refractivity contribution in [2.24, 2.45) is 5.92 Å². The van der Waals surface area contributed by atoms with Gasteiger partial charge in [-0.15, -0.1) is 0 Å². The number of nitrogens with zero attached hydrogens (tertiary/aromatic N) is 1. The van der Waals surface area contributed by atoms with Gasteiger partial charge in [0.1, 0.15) is 6.04 Å². The number of rotatable bonds is 12. The Balaban J connectivity index is 1.91. The van der Waals surface area contributed by atoms with Crippen molar-refractivity contribution in [3.8, 4) is 11.5 Å². The van der Waals surface area contributed by atoms with Gasteiger partial charge in [0, 0.05) is 24.5 Å². The molecule has 0 bridgehead atoms. The van der Waals surface area contributed by atoms with Crippen LogP contribution in [0.15, 0.2) is 78.9 Å². The second kappa shape index (κ2) is 13.5. The molecule has 1 N–H and O–H groups in total. The predicted octanol–water partition coefficient (Wildman–Crippen LogP) is 5.14. The van der Waals surface area contributed by atoms with Gasteiger partial charge in [0.05, 0.1) is 7.11 Å². The molecule has 0 saturated carbocycles. The van der Waals surface area contributed by atoms with Crippen molar-refractivity contribution in [3.05, 3.63) is 95.0 Å². The number of carbonyl (C=O) groups is 2. The zero-order valence-electron chi connectivity index (χ0n) is 20.9. The number of hydrogen-bond donors (Lipinski definition) is 1. The number of benzene rings is 3. The van der Waals surface area contributed by atoms with Gasteiger partial charge < -0.3 is 19.7 Å². The van der Waals surface area contributed by atoms with Crippen LogP contribution in [0.4, 0.5) is 0 Å². The first-order chi connectivity index (χ1) is 17.4. The molecular weight excluding hydrogens is 476 g/mol. The summed E-state index contributed by atoms with van der Waals surface area (Å²) in [5, 5.41) is 3.57. The molecule has 36 heavy (non-hydrogen) atoms. The summed E-state index contributed by atoms with van der Waals surface area (Å²) >= 11 is 6.22. The van der Waals surface area contributed by atoms with E-state index >= 15 is 0 Å². The zero-order chi connectivity index (χ0) is 25.9. The predicted molar refractivity (Wildman–Crippen MR) is 142 cm³/mol. The van der Waals surface area contributed by atoms with Crippen LogP contribution in [0.1, 0.15) is 25.0 Å². The van der Waals surface area contributed by atoms with E-state index in [0.717, 1.165) is 11.1 Å². The minimum absolute atomic E-state index is 0.208. The molecule has 2 amide bonds. The molecule has 0 aromatic heterocycles. The van der Waals surface area contributed by atoms with Gasteiger partial charge in [-0.1, -0.05) is 80.0 Å². The number of amides is 2. The van der Waals surface area contributed by atoms with Crippen LogP contribution in [0.2, 0.25) is 5.02 Å². The molecule has 0 spiro atoms. The van der Waals surface area contributed by atoms with Gasteiger partial charge in [-0.25, -0.2) is 0 Å². The molecule has 1 atom stereocenters. The Hall–Kier alpha value is -3.51. The molecule has 0 aliphatic rings. The first kappa shape index (κ1) is 27.1. The van der Waals surface area contributed by atoms with Crippen molar-refractivity contribution < 1.29 is 19.1 Å². The van der Waals surface area contributed by atoms with Gasteiger partial charge in [0.2, 0.25) is 5.91 Å². The van der Waals surface area contributed by atoms with Gasteiger partial charge in [0.15, 0.2) is 18.1 Å². The lowest BCUT2D eigenvalue weighted by Crippen LogP contribution is -2.52. The summed E-state index contributed by atoms with van der Waals surface area (Å²) in [6, 6.07) is 23.4. The van der Waals surface area contributed by atoms with E-state index in [4.69, 9.17) is 21.1 Å². The van der Waals surface area contributed by atoms with Crippen LogP contribution in [-0.2, 0) is 22.6 Å². The molecule has 0 saturated heterocycles. The van der Waals surface area contributed by atoms with Crippen LogP contribution >= 0.6 is 11.6 Å². The van der Waals surface area contributed by atoms with E-state index in [1.54, 1.807) is 36.3 Å². The quantitative estimate of drug-likeness (QED) is 0.368.